The van der Waals surface area contributed by atoms with E-state index in [4.69, 9.17) is 9.47 Å². The molecule has 2 aromatic carbocycles. The van der Waals surface area contributed by atoms with Gasteiger partial charge in [-0.2, -0.15) is 0 Å². The molecule has 2 amide bonds. The molecule has 2 aromatic rings. The molecule has 0 unspecified atom stereocenters. The van der Waals surface area contributed by atoms with E-state index in [-0.39, 0.29) is 18.6 Å². The maximum atomic E-state index is 13.2. The summed E-state index contributed by atoms with van der Waals surface area (Å²) in [6, 6.07) is 12.9. The summed E-state index contributed by atoms with van der Waals surface area (Å²) >= 11 is 3.48. The Morgan fingerprint density at radius 1 is 1.06 bits per heavy atom. The number of hydrogen-bond donors (Lipinski definition) is 1. The van der Waals surface area contributed by atoms with Gasteiger partial charge in [-0.1, -0.05) is 48.0 Å². The highest BCUT2D eigenvalue weighted by atomic mass is 79.9. The topological polar surface area (TPSA) is 67.9 Å². The van der Waals surface area contributed by atoms with Crippen molar-refractivity contribution in [2.75, 3.05) is 13.3 Å². The zero-order valence-electron chi connectivity index (χ0n) is 18.2. The maximum Gasteiger partial charge on any atom is 0.242 e. The molecule has 166 valence electrons. The molecule has 0 radical (unpaired) electrons. The Labute approximate surface area is 192 Å². The zero-order chi connectivity index (χ0) is 22.4. The Bertz CT molecular complexity index is 932. The van der Waals surface area contributed by atoms with Crippen molar-refractivity contribution in [3.8, 4) is 11.5 Å². The van der Waals surface area contributed by atoms with Crippen LogP contribution in [-0.2, 0) is 22.6 Å². The van der Waals surface area contributed by atoms with Crippen molar-refractivity contribution < 1.29 is 19.1 Å². The number of nitrogens with zero attached hydrogens (tertiary/aromatic N) is 1. The molecule has 0 bridgehead atoms. The molecule has 7 heteroatoms. The first kappa shape index (κ1) is 23.1. The van der Waals surface area contributed by atoms with Gasteiger partial charge in [0.15, 0.2) is 11.5 Å². The number of carbonyl (C=O) groups excluding carboxylic acids is 2. The van der Waals surface area contributed by atoms with E-state index in [0.29, 0.717) is 37.6 Å². The lowest BCUT2D eigenvalue weighted by Gasteiger charge is -2.29. The van der Waals surface area contributed by atoms with Gasteiger partial charge in [0.25, 0.3) is 0 Å². The number of ether oxygens (including phenoxy) is 2. The third kappa shape index (κ3) is 6.47. The number of benzene rings is 2. The average molecular weight is 489 g/mol. The Morgan fingerprint density at radius 2 is 1.84 bits per heavy atom. The van der Waals surface area contributed by atoms with Gasteiger partial charge >= 0.3 is 0 Å². The van der Waals surface area contributed by atoms with Crippen LogP contribution >= 0.6 is 15.9 Å². The van der Waals surface area contributed by atoms with Crippen LogP contribution in [0.25, 0.3) is 0 Å². The van der Waals surface area contributed by atoms with Crippen molar-refractivity contribution in [3.63, 3.8) is 0 Å². The van der Waals surface area contributed by atoms with Crippen molar-refractivity contribution in [2.24, 2.45) is 5.92 Å². The minimum Gasteiger partial charge on any atom is -0.454 e. The molecule has 6 nitrogen and oxygen atoms in total. The van der Waals surface area contributed by atoms with E-state index in [1.807, 2.05) is 56.3 Å². The second-order valence-corrected chi connectivity index (χ2v) is 9.07. The lowest BCUT2D eigenvalue weighted by molar-refractivity contribution is -0.140. The van der Waals surface area contributed by atoms with Gasteiger partial charge < -0.3 is 19.7 Å². The van der Waals surface area contributed by atoms with Gasteiger partial charge in [-0.3, -0.25) is 9.59 Å². The summed E-state index contributed by atoms with van der Waals surface area (Å²) in [5, 5.41) is 2.94. The fourth-order valence-corrected chi connectivity index (χ4v) is 3.81. The number of halogens is 1. The van der Waals surface area contributed by atoms with Crippen LogP contribution < -0.4 is 14.8 Å². The molecule has 1 aliphatic heterocycles. The van der Waals surface area contributed by atoms with Gasteiger partial charge in [0.05, 0.1) is 0 Å². The predicted molar refractivity (Wildman–Crippen MR) is 123 cm³/mol. The molecule has 0 saturated carbocycles. The minimum absolute atomic E-state index is 0.0650. The standard InChI is InChI=1S/C24H29BrN2O4/c1-16(2)13-26-24(29)17(3)27(14-19-5-4-6-20(25)11-19)23(28)10-8-18-7-9-21-22(12-18)31-15-30-21/h4-7,9,11-12,16-17H,8,10,13-15H2,1-3H3,(H,26,29)/t17-/m0/s1. The van der Waals surface area contributed by atoms with E-state index in [2.05, 4.69) is 21.2 Å². The summed E-state index contributed by atoms with van der Waals surface area (Å²) < 4.78 is 11.7. The summed E-state index contributed by atoms with van der Waals surface area (Å²) in [5.74, 6) is 1.57. The van der Waals surface area contributed by atoms with Crippen LogP contribution in [0.1, 0.15) is 38.3 Å². The molecule has 1 heterocycles. The lowest BCUT2D eigenvalue weighted by Crippen LogP contribution is -2.48. The van der Waals surface area contributed by atoms with E-state index in [9.17, 15) is 9.59 Å². The Hall–Kier alpha value is -2.54. The fourth-order valence-electron chi connectivity index (χ4n) is 3.36. The summed E-state index contributed by atoms with van der Waals surface area (Å²) in [7, 11) is 0. The molecule has 1 aliphatic rings. The first-order valence-electron chi connectivity index (χ1n) is 10.5. The van der Waals surface area contributed by atoms with E-state index in [0.717, 1.165) is 21.3 Å². The van der Waals surface area contributed by atoms with Gasteiger partial charge in [-0.15, -0.1) is 0 Å². The van der Waals surface area contributed by atoms with Crippen LogP contribution in [0, 0.1) is 5.92 Å². The second kappa shape index (κ2) is 10.7. The third-order valence-corrected chi connectivity index (χ3v) is 5.65. The fraction of sp³-hybridized carbons (Fsp3) is 0.417. The van der Waals surface area contributed by atoms with Crippen molar-refractivity contribution in [1.29, 1.82) is 0 Å². The van der Waals surface area contributed by atoms with Crippen molar-refractivity contribution in [1.82, 2.24) is 10.2 Å². The molecular weight excluding hydrogens is 460 g/mol. The maximum absolute atomic E-state index is 13.2. The first-order chi connectivity index (χ1) is 14.8. The highest BCUT2D eigenvalue weighted by Crippen LogP contribution is 2.32. The van der Waals surface area contributed by atoms with Gasteiger partial charge in [-0.25, -0.2) is 0 Å². The molecule has 1 atom stereocenters. The number of amides is 2. The Balaban J connectivity index is 1.70. The van der Waals surface area contributed by atoms with E-state index in [1.54, 1.807) is 11.8 Å². The zero-order valence-corrected chi connectivity index (χ0v) is 19.8. The first-order valence-corrected chi connectivity index (χ1v) is 11.3. The summed E-state index contributed by atoms with van der Waals surface area (Å²) in [6.45, 7) is 7.05. The van der Waals surface area contributed by atoms with E-state index in [1.165, 1.54) is 0 Å². The monoisotopic (exact) mass is 488 g/mol. The van der Waals surface area contributed by atoms with Crippen LogP contribution in [-0.4, -0.2) is 36.1 Å². The number of carbonyl (C=O) groups is 2. The van der Waals surface area contributed by atoms with Crippen LogP contribution in [0.5, 0.6) is 11.5 Å². The van der Waals surface area contributed by atoms with Crippen LogP contribution in [0.4, 0.5) is 0 Å². The minimum atomic E-state index is -0.568. The molecule has 3 rings (SSSR count). The highest BCUT2D eigenvalue weighted by molar-refractivity contribution is 9.10. The predicted octanol–water partition coefficient (Wildman–Crippen LogP) is 4.30. The number of aryl methyl sites for hydroxylation is 1. The van der Waals surface area contributed by atoms with Crippen molar-refractivity contribution in [2.45, 2.75) is 46.2 Å². The molecular formula is C24H29BrN2O4. The number of nitrogens with one attached hydrogen (secondary N) is 1. The van der Waals surface area contributed by atoms with E-state index < -0.39 is 6.04 Å². The van der Waals surface area contributed by atoms with Crippen molar-refractivity contribution in [3.05, 3.63) is 58.1 Å². The van der Waals surface area contributed by atoms with Crippen molar-refractivity contribution >= 4 is 27.7 Å². The average Bonchev–Trinajstić information content (AvgIpc) is 3.21. The number of rotatable bonds is 9. The highest BCUT2D eigenvalue weighted by Gasteiger charge is 2.26. The summed E-state index contributed by atoms with van der Waals surface area (Å²) in [5.41, 5.74) is 1.96. The largest absolute Gasteiger partial charge is 0.454 e. The van der Waals surface area contributed by atoms with Gasteiger partial charge in [0.2, 0.25) is 18.6 Å². The number of hydrogen-bond acceptors (Lipinski definition) is 4. The second-order valence-electron chi connectivity index (χ2n) is 8.15. The van der Waals surface area contributed by atoms with Crippen LogP contribution in [0.3, 0.4) is 0 Å². The van der Waals surface area contributed by atoms with Crippen LogP contribution in [0.2, 0.25) is 0 Å². The number of fused-ring (bicyclic) bond motifs is 1. The van der Waals surface area contributed by atoms with Gasteiger partial charge in [0.1, 0.15) is 6.04 Å². The third-order valence-electron chi connectivity index (χ3n) is 5.16. The normalized spacial score (nSPS) is 13.2. The molecule has 1 N–H and O–H groups in total. The molecule has 0 aromatic heterocycles. The summed E-state index contributed by atoms with van der Waals surface area (Å²) in [4.78, 5) is 27.6. The molecule has 0 fully saturated rings. The molecule has 31 heavy (non-hydrogen) atoms. The van der Waals surface area contributed by atoms with Gasteiger partial charge in [0, 0.05) is 24.0 Å². The van der Waals surface area contributed by atoms with E-state index >= 15 is 0 Å². The van der Waals surface area contributed by atoms with Crippen LogP contribution in [0.15, 0.2) is 46.9 Å². The smallest absolute Gasteiger partial charge is 0.242 e. The molecule has 0 spiro atoms. The molecule has 0 aliphatic carbocycles. The Morgan fingerprint density at radius 3 is 2.58 bits per heavy atom. The SMILES string of the molecule is CC(C)CNC(=O)[C@H](C)N(Cc1cccc(Br)c1)C(=O)CCc1ccc2c(c1)OCO2. The Kier molecular flexibility index (Phi) is 7.96. The lowest BCUT2D eigenvalue weighted by atomic mass is 10.1. The summed E-state index contributed by atoms with van der Waals surface area (Å²) in [6.07, 6.45) is 0.861. The molecule has 0 saturated heterocycles. The quantitative estimate of drug-likeness (QED) is 0.571. The van der Waals surface area contributed by atoms with Gasteiger partial charge in [-0.05, 0) is 54.7 Å².